The van der Waals surface area contributed by atoms with Crippen LogP contribution in [-0.4, -0.2) is 36.3 Å². The number of amides is 1. The second kappa shape index (κ2) is 7.81. The van der Waals surface area contributed by atoms with Gasteiger partial charge in [-0.1, -0.05) is 24.3 Å². The summed E-state index contributed by atoms with van der Waals surface area (Å²) in [5, 5.41) is 11.9. The highest BCUT2D eigenvalue weighted by molar-refractivity contribution is 5.94. The zero-order valence-corrected chi connectivity index (χ0v) is 13.6. The number of nitrogens with one attached hydrogen (secondary N) is 1. The number of carbonyl (C=O) groups is 2. The molecule has 0 bridgehead atoms. The molecule has 6 heteroatoms. The van der Waals surface area contributed by atoms with Crippen LogP contribution in [0.2, 0.25) is 0 Å². The summed E-state index contributed by atoms with van der Waals surface area (Å²) >= 11 is 0. The summed E-state index contributed by atoms with van der Waals surface area (Å²) in [6.45, 7) is 1.23. The molecule has 0 spiro atoms. The van der Waals surface area contributed by atoms with Crippen LogP contribution in [0.15, 0.2) is 48.5 Å². The van der Waals surface area contributed by atoms with Gasteiger partial charge in [0.05, 0.1) is 30.9 Å². The number of hydrogen-bond acceptors (Lipinski definition) is 4. The lowest BCUT2D eigenvalue weighted by atomic mass is 10.1. The van der Waals surface area contributed by atoms with Crippen molar-refractivity contribution in [3.8, 4) is 5.75 Å². The molecule has 1 amide bonds. The van der Waals surface area contributed by atoms with E-state index in [9.17, 15) is 9.59 Å². The van der Waals surface area contributed by atoms with Crippen LogP contribution < -0.4 is 10.1 Å². The Balaban J connectivity index is 1.66. The van der Waals surface area contributed by atoms with E-state index in [0.717, 1.165) is 6.42 Å². The van der Waals surface area contributed by atoms with E-state index in [1.807, 2.05) is 12.1 Å². The summed E-state index contributed by atoms with van der Waals surface area (Å²) in [4.78, 5) is 23.3. The number of ether oxygens (including phenoxy) is 2. The Hall–Kier alpha value is -2.86. The summed E-state index contributed by atoms with van der Waals surface area (Å²) in [6.07, 6.45) is 0.900. The third kappa shape index (κ3) is 4.58. The molecule has 25 heavy (non-hydrogen) atoms. The summed E-state index contributed by atoms with van der Waals surface area (Å²) in [5.74, 6) is -0.647. The minimum Gasteiger partial charge on any atom is -0.486 e. The van der Waals surface area contributed by atoms with Gasteiger partial charge >= 0.3 is 5.97 Å². The van der Waals surface area contributed by atoms with Crippen molar-refractivity contribution >= 4 is 17.6 Å². The molecular weight excluding hydrogens is 322 g/mol. The van der Waals surface area contributed by atoms with Crippen molar-refractivity contribution in [3.63, 3.8) is 0 Å². The van der Waals surface area contributed by atoms with Crippen LogP contribution in [0.1, 0.15) is 22.3 Å². The second-order valence-electron chi connectivity index (χ2n) is 5.83. The molecular formula is C19H19NO5. The Kier molecular flexibility index (Phi) is 5.30. The van der Waals surface area contributed by atoms with Crippen LogP contribution >= 0.6 is 0 Å². The average Bonchev–Trinajstić information content (AvgIpc) is 3.10. The summed E-state index contributed by atoms with van der Waals surface area (Å²) in [7, 11) is 0. The van der Waals surface area contributed by atoms with E-state index in [2.05, 4.69) is 5.32 Å². The van der Waals surface area contributed by atoms with Gasteiger partial charge in [-0.05, 0) is 29.8 Å². The molecule has 1 aliphatic rings. The molecule has 0 aliphatic carbocycles. The van der Waals surface area contributed by atoms with Crippen LogP contribution in [0.25, 0.3) is 0 Å². The largest absolute Gasteiger partial charge is 0.486 e. The monoisotopic (exact) mass is 341 g/mol. The van der Waals surface area contributed by atoms with E-state index in [0.29, 0.717) is 30.2 Å². The number of rotatable bonds is 6. The highest BCUT2D eigenvalue weighted by Gasteiger charge is 2.19. The first-order chi connectivity index (χ1) is 12.1. The molecule has 6 nitrogen and oxygen atoms in total. The molecule has 1 atom stereocenters. The van der Waals surface area contributed by atoms with Crippen molar-refractivity contribution in [1.82, 2.24) is 0 Å². The zero-order chi connectivity index (χ0) is 17.6. The van der Waals surface area contributed by atoms with Crippen LogP contribution in [0.5, 0.6) is 5.75 Å². The predicted molar refractivity (Wildman–Crippen MR) is 92.0 cm³/mol. The minimum atomic E-state index is -1.01. The van der Waals surface area contributed by atoms with Crippen molar-refractivity contribution in [2.45, 2.75) is 18.9 Å². The maximum Gasteiger partial charge on any atom is 0.335 e. The third-order valence-electron chi connectivity index (χ3n) is 3.88. The van der Waals surface area contributed by atoms with Crippen molar-refractivity contribution in [3.05, 3.63) is 59.7 Å². The number of hydrogen-bond donors (Lipinski definition) is 2. The highest BCUT2D eigenvalue weighted by atomic mass is 16.5. The minimum absolute atomic E-state index is 0.00898. The van der Waals surface area contributed by atoms with Gasteiger partial charge in [0.25, 0.3) is 0 Å². The maximum atomic E-state index is 12.3. The molecule has 3 rings (SSSR count). The summed E-state index contributed by atoms with van der Waals surface area (Å²) in [6, 6.07) is 13.6. The first-order valence-corrected chi connectivity index (χ1v) is 8.07. The fourth-order valence-corrected chi connectivity index (χ4v) is 2.65. The molecule has 1 aliphatic heterocycles. The lowest BCUT2D eigenvalue weighted by molar-refractivity contribution is -0.115. The lowest BCUT2D eigenvalue weighted by Crippen LogP contribution is -2.19. The Morgan fingerprint density at radius 2 is 2.04 bits per heavy atom. The molecule has 0 saturated carbocycles. The number of carboxylic acid groups (broad SMARTS) is 1. The van der Waals surface area contributed by atoms with Gasteiger partial charge in [-0.2, -0.15) is 0 Å². The van der Waals surface area contributed by atoms with Crippen LogP contribution in [0, 0.1) is 0 Å². The number of aromatic carboxylic acids is 1. The SMILES string of the molecule is O=C(Cc1cccc(C(=O)O)c1)Nc1ccccc1OC1CCOC1. The van der Waals surface area contributed by atoms with Gasteiger partial charge in [-0.15, -0.1) is 0 Å². The number of carboxylic acids is 1. The van der Waals surface area contributed by atoms with E-state index < -0.39 is 5.97 Å². The standard InChI is InChI=1S/C19H19NO5/c21-18(11-13-4-3-5-14(10-13)19(22)23)20-16-6-1-2-7-17(16)25-15-8-9-24-12-15/h1-7,10,15H,8-9,11-12H2,(H,20,21)(H,22,23). The average molecular weight is 341 g/mol. The lowest BCUT2D eigenvalue weighted by Gasteiger charge is -2.16. The van der Waals surface area contributed by atoms with E-state index in [4.69, 9.17) is 14.6 Å². The molecule has 1 fully saturated rings. The molecule has 0 aromatic heterocycles. The van der Waals surface area contributed by atoms with Crippen molar-refractivity contribution < 1.29 is 24.2 Å². The highest BCUT2D eigenvalue weighted by Crippen LogP contribution is 2.26. The van der Waals surface area contributed by atoms with Gasteiger partial charge in [0.15, 0.2) is 0 Å². The first kappa shape index (κ1) is 17.0. The van der Waals surface area contributed by atoms with Gasteiger partial charge in [-0.3, -0.25) is 4.79 Å². The smallest absolute Gasteiger partial charge is 0.335 e. The first-order valence-electron chi connectivity index (χ1n) is 8.07. The Bertz CT molecular complexity index is 768. The molecule has 130 valence electrons. The number of anilines is 1. The molecule has 1 unspecified atom stereocenters. The Morgan fingerprint density at radius 3 is 2.80 bits per heavy atom. The van der Waals surface area contributed by atoms with Gasteiger partial charge in [0, 0.05) is 6.42 Å². The van der Waals surface area contributed by atoms with Crippen LogP contribution in [-0.2, 0) is 16.0 Å². The fraction of sp³-hybridized carbons (Fsp3) is 0.263. The second-order valence-corrected chi connectivity index (χ2v) is 5.83. The quantitative estimate of drug-likeness (QED) is 0.844. The van der Waals surface area contributed by atoms with Crippen LogP contribution in [0.4, 0.5) is 5.69 Å². The van der Waals surface area contributed by atoms with Gasteiger partial charge in [0.1, 0.15) is 11.9 Å². The van der Waals surface area contributed by atoms with Crippen molar-refractivity contribution in [1.29, 1.82) is 0 Å². The van der Waals surface area contributed by atoms with Gasteiger partial charge in [0.2, 0.25) is 5.91 Å². The molecule has 2 aromatic rings. The topological polar surface area (TPSA) is 84.9 Å². The van der Waals surface area contributed by atoms with Gasteiger partial charge in [-0.25, -0.2) is 4.79 Å². The molecule has 0 radical (unpaired) electrons. The third-order valence-corrected chi connectivity index (χ3v) is 3.88. The van der Waals surface area contributed by atoms with E-state index in [-0.39, 0.29) is 24.0 Å². The number of para-hydroxylation sites is 2. The molecule has 2 aromatic carbocycles. The number of benzene rings is 2. The zero-order valence-electron chi connectivity index (χ0n) is 13.6. The Labute approximate surface area is 145 Å². The fourth-order valence-electron chi connectivity index (χ4n) is 2.65. The van der Waals surface area contributed by atoms with Crippen molar-refractivity contribution in [2.75, 3.05) is 18.5 Å². The van der Waals surface area contributed by atoms with E-state index in [1.165, 1.54) is 12.1 Å². The normalized spacial score (nSPS) is 16.4. The summed E-state index contributed by atoms with van der Waals surface area (Å²) in [5.41, 5.74) is 1.39. The van der Waals surface area contributed by atoms with Crippen LogP contribution in [0.3, 0.4) is 0 Å². The van der Waals surface area contributed by atoms with Crippen molar-refractivity contribution in [2.24, 2.45) is 0 Å². The van der Waals surface area contributed by atoms with E-state index >= 15 is 0 Å². The summed E-state index contributed by atoms with van der Waals surface area (Å²) < 4.78 is 11.2. The molecule has 1 saturated heterocycles. The van der Waals surface area contributed by atoms with E-state index in [1.54, 1.807) is 24.3 Å². The maximum absolute atomic E-state index is 12.3. The molecule has 1 heterocycles. The number of carbonyl (C=O) groups excluding carboxylic acids is 1. The Morgan fingerprint density at radius 1 is 1.20 bits per heavy atom. The predicted octanol–water partition coefficient (Wildman–Crippen LogP) is 2.73. The van der Waals surface area contributed by atoms with Gasteiger partial charge < -0.3 is 19.9 Å². The molecule has 2 N–H and O–H groups in total.